The lowest BCUT2D eigenvalue weighted by Crippen LogP contribution is -2.28. The van der Waals surface area contributed by atoms with Gasteiger partial charge in [-0.15, -0.1) is 0 Å². The molecular formula is C44H69NO5. The number of nitrogens with one attached hydrogen (secondary N) is 1. The summed E-state index contributed by atoms with van der Waals surface area (Å²) >= 11 is 0. The van der Waals surface area contributed by atoms with Crippen molar-refractivity contribution in [2.24, 2.45) is 0 Å². The van der Waals surface area contributed by atoms with Gasteiger partial charge in [-0.3, -0.25) is 14.4 Å². The highest BCUT2D eigenvalue weighted by molar-refractivity contribution is 5.80. The molecule has 6 heteroatoms. The molecule has 6 nitrogen and oxygen atoms in total. The molecule has 0 heterocycles. The van der Waals surface area contributed by atoms with Crippen LogP contribution in [-0.4, -0.2) is 35.6 Å². The van der Waals surface area contributed by atoms with Gasteiger partial charge in [-0.05, 0) is 96.0 Å². The summed E-state index contributed by atoms with van der Waals surface area (Å²) in [7, 11) is 0. The number of carbonyl (C=O) groups excluding carboxylic acids is 2. The first-order chi connectivity index (χ1) is 24.5. The average molecular weight is 692 g/mol. The smallest absolute Gasteiger partial charge is 0.322 e. The fourth-order valence-corrected chi connectivity index (χ4v) is 4.89. The Bertz CT molecular complexity index is 1080. The zero-order chi connectivity index (χ0) is 36.6. The van der Waals surface area contributed by atoms with Crippen molar-refractivity contribution in [3.8, 4) is 0 Å². The lowest BCUT2D eigenvalue weighted by atomic mass is 10.1. The van der Waals surface area contributed by atoms with Gasteiger partial charge in [0.25, 0.3) is 0 Å². The van der Waals surface area contributed by atoms with Gasteiger partial charge in [0.2, 0.25) is 5.91 Å². The molecule has 0 fully saturated rings. The predicted octanol–water partition coefficient (Wildman–Crippen LogP) is 11.8. The first-order valence-corrected chi connectivity index (χ1v) is 19.4. The molecule has 0 aliphatic rings. The Morgan fingerprint density at radius 1 is 0.560 bits per heavy atom. The second-order valence-corrected chi connectivity index (χ2v) is 12.4. The molecule has 0 bridgehead atoms. The van der Waals surface area contributed by atoms with Crippen LogP contribution in [0.3, 0.4) is 0 Å². The molecule has 0 aromatic carbocycles. The molecule has 0 spiro atoms. The summed E-state index contributed by atoms with van der Waals surface area (Å²) in [5.74, 6) is -1.40. The van der Waals surface area contributed by atoms with E-state index in [1.54, 1.807) is 0 Å². The Balaban J connectivity index is 4.44. The van der Waals surface area contributed by atoms with Crippen LogP contribution in [0.15, 0.2) is 97.2 Å². The first-order valence-electron chi connectivity index (χ1n) is 19.4. The summed E-state index contributed by atoms with van der Waals surface area (Å²) in [6.45, 7) is 4.04. The Morgan fingerprint density at radius 2 is 1.06 bits per heavy atom. The molecule has 0 saturated heterocycles. The summed E-state index contributed by atoms with van der Waals surface area (Å²) in [6.07, 6.45) is 53.9. The third-order valence-electron chi connectivity index (χ3n) is 7.72. The van der Waals surface area contributed by atoms with Crippen molar-refractivity contribution in [3.05, 3.63) is 97.2 Å². The number of carbonyl (C=O) groups is 3. The van der Waals surface area contributed by atoms with E-state index in [2.05, 4.69) is 110 Å². The SMILES string of the molecule is CC/C=C\C/C=C\C/C=C\C/C=C\C/C=C\CCCC(=O)OC(/C=C\C/C=C\C/C=C\CCCCC)CCCCCCCC(=O)NCC(=O)O. The third-order valence-corrected chi connectivity index (χ3v) is 7.72. The average Bonchev–Trinajstić information content (AvgIpc) is 3.10. The molecule has 1 amide bonds. The second kappa shape index (κ2) is 38.1. The van der Waals surface area contributed by atoms with Gasteiger partial charge in [0.05, 0.1) is 0 Å². The lowest BCUT2D eigenvalue weighted by Gasteiger charge is -2.14. The standard InChI is InChI=1S/C44H69NO5/c1-3-5-7-9-11-13-15-16-17-18-19-20-22-24-26-31-35-39-44(49)50-41(36-32-28-25-23-21-14-12-10-8-6-4-2)37-33-29-27-30-34-38-42(46)45-40-43(47)48/h5,7,11-14,16-17,19-20,23-26,32,36,41H,3-4,6,8-10,15,18,21-22,27-31,33-35,37-40H2,1-2H3,(H,45,46)(H,47,48)/b7-5-,13-11-,14-12-,17-16-,20-19-,25-23-,26-24-,36-32-. The van der Waals surface area contributed by atoms with E-state index in [0.717, 1.165) is 103 Å². The normalized spacial score (nSPS) is 13.2. The van der Waals surface area contributed by atoms with Crippen molar-refractivity contribution in [1.82, 2.24) is 5.32 Å². The van der Waals surface area contributed by atoms with E-state index in [9.17, 15) is 14.4 Å². The van der Waals surface area contributed by atoms with Crippen LogP contribution in [0, 0.1) is 0 Å². The van der Waals surface area contributed by atoms with Gasteiger partial charge < -0.3 is 15.2 Å². The number of hydrogen-bond acceptors (Lipinski definition) is 4. The minimum absolute atomic E-state index is 0.150. The van der Waals surface area contributed by atoms with E-state index in [1.807, 2.05) is 6.08 Å². The van der Waals surface area contributed by atoms with Crippen molar-refractivity contribution in [2.75, 3.05) is 6.54 Å². The monoisotopic (exact) mass is 692 g/mol. The first kappa shape index (κ1) is 46.3. The largest absolute Gasteiger partial charge is 0.480 e. The van der Waals surface area contributed by atoms with Crippen molar-refractivity contribution in [2.45, 2.75) is 155 Å². The molecule has 0 saturated carbocycles. The summed E-state index contributed by atoms with van der Waals surface area (Å²) in [5.41, 5.74) is 0. The van der Waals surface area contributed by atoms with Crippen LogP contribution in [0.5, 0.6) is 0 Å². The zero-order valence-corrected chi connectivity index (χ0v) is 31.5. The number of esters is 1. The molecule has 1 atom stereocenters. The molecule has 1 unspecified atom stereocenters. The van der Waals surface area contributed by atoms with E-state index in [1.165, 1.54) is 19.3 Å². The highest BCUT2D eigenvalue weighted by atomic mass is 16.5. The lowest BCUT2D eigenvalue weighted by molar-refractivity contribution is -0.147. The Kier molecular flexibility index (Phi) is 35.3. The summed E-state index contributed by atoms with van der Waals surface area (Å²) in [6, 6.07) is 0. The molecule has 0 aliphatic heterocycles. The van der Waals surface area contributed by atoms with E-state index < -0.39 is 5.97 Å². The van der Waals surface area contributed by atoms with E-state index in [0.29, 0.717) is 12.8 Å². The van der Waals surface area contributed by atoms with Crippen LogP contribution in [0.25, 0.3) is 0 Å². The van der Waals surface area contributed by atoms with Crippen molar-refractivity contribution < 1.29 is 24.2 Å². The van der Waals surface area contributed by atoms with Crippen molar-refractivity contribution >= 4 is 17.8 Å². The molecule has 0 aromatic heterocycles. The topological polar surface area (TPSA) is 92.7 Å². The molecule has 0 aliphatic carbocycles. The Hall–Kier alpha value is -3.67. The van der Waals surface area contributed by atoms with E-state index >= 15 is 0 Å². The van der Waals surface area contributed by atoms with Crippen LogP contribution in [-0.2, 0) is 19.1 Å². The molecule has 2 N–H and O–H groups in total. The Labute approximate surface area is 305 Å². The minimum Gasteiger partial charge on any atom is -0.480 e. The van der Waals surface area contributed by atoms with Gasteiger partial charge in [0.1, 0.15) is 12.6 Å². The van der Waals surface area contributed by atoms with Crippen LogP contribution in [0.1, 0.15) is 149 Å². The maximum atomic E-state index is 12.6. The summed E-state index contributed by atoms with van der Waals surface area (Å²) < 4.78 is 5.87. The van der Waals surface area contributed by atoms with Gasteiger partial charge in [0.15, 0.2) is 0 Å². The fourth-order valence-electron chi connectivity index (χ4n) is 4.89. The molecule has 0 aromatic rings. The highest BCUT2D eigenvalue weighted by Crippen LogP contribution is 2.14. The number of unbranched alkanes of at least 4 members (excludes halogenated alkanes) is 8. The number of allylic oxidation sites excluding steroid dienone is 15. The quantitative estimate of drug-likeness (QED) is 0.0406. The van der Waals surface area contributed by atoms with Gasteiger partial charge >= 0.3 is 11.9 Å². The van der Waals surface area contributed by atoms with Gasteiger partial charge in [-0.1, -0.05) is 137 Å². The zero-order valence-electron chi connectivity index (χ0n) is 31.5. The number of aliphatic carboxylic acids is 1. The van der Waals surface area contributed by atoms with Crippen molar-refractivity contribution in [3.63, 3.8) is 0 Å². The fraction of sp³-hybridized carbons (Fsp3) is 0.568. The predicted molar refractivity (Wildman–Crippen MR) is 212 cm³/mol. The van der Waals surface area contributed by atoms with Gasteiger partial charge in [-0.25, -0.2) is 0 Å². The number of hydrogen-bond donors (Lipinski definition) is 2. The van der Waals surface area contributed by atoms with Crippen molar-refractivity contribution in [1.29, 1.82) is 0 Å². The number of carboxylic acid groups (broad SMARTS) is 1. The maximum absolute atomic E-state index is 12.6. The van der Waals surface area contributed by atoms with Crippen LogP contribution in [0.4, 0.5) is 0 Å². The van der Waals surface area contributed by atoms with Gasteiger partial charge in [0, 0.05) is 12.8 Å². The molecule has 0 radical (unpaired) electrons. The minimum atomic E-state index is -1.03. The molecule has 280 valence electrons. The van der Waals surface area contributed by atoms with Crippen LogP contribution >= 0.6 is 0 Å². The highest BCUT2D eigenvalue weighted by Gasteiger charge is 2.11. The van der Waals surface area contributed by atoms with E-state index in [-0.39, 0.29) is 24.5 Å². The summed E-state index contributed by atoms with van der Waals surface area (Å²) in [4.78, 5) is 34.9. The third kappa shape index (κ3) is 37.2. The number of carboxylic acids is 1. The molecule has 0 rings (SSSR count). The number of amides is 1. The number of rotatable bonds is 33. The summed E-state index contributed by atoms with van der Waals surface area (Å²) in [5, 5.41) is 11.0. The number of ether oxygens (including phenoxy) is 1. The van der Waals surface area contributed by atoms with E-state index in [4.69, 9.17) is 9.84 Å². The second-order valence-electron chi connectivity index (χ2n) is 12.4. The molecular weight excluding hydrogens is 622 g/mol. The van der Waals surface area contributed by atoms with Crippen LogP contribution in [0.2, 0.25) is 0 Å². The van der Waals surface area contributed by atoms with Crippen LogP contribution < -0.4 is 5.32 Å². The Morgan fingerprint density at radius 3 is 1.62 bits per heavy atom. The molecule has 50 heavy (non-hydrogen) atoms. The van der Waals surface area contributed by atoms with Gasteiger partial charge in [-0.2, -0.15) is 0 Å². The maximum Gasteiger partial charge on any atom is 0.322 e.